The van der Waals surface area contributed by atoms with Crippen LogP contribution in [-0.2, 0) is 0 Å². The number of rotatable bonds is 6. The van der Waals surface area contributed by atoms with Crippen molar-refractivity contribution >= 4 is 39.0 Å². The fourth-order valence-electron chi connectivity index (χ4n) is 5.03. The molecule has 3 N–H and O–H groups in total. The summed E-state index contributed by atoms with van der Waals surface area (Å²) in [6, 6.07) is 16.3. The molecule has 2 aromatic heterocycles. The van der Waals surface area contributed by atoms with Gasteiger partial charge < -0.3 is 25.2 Å². The van der Waals surface area contributed by atoms with Crippen molar-refractivity contribution in [1.82, 2.24) is 20.3 Å². The van der Waals surface area contributed by atoms with Gasteiger partial charge in [-0.2, -0.15) is 4.98 Å². The third-order valence-electron chi connectivity index (χ3n) is 7.07. The third kappa shape index (κ3) is 4.99. The van der Waals surface area contributed by atoms with Crippen molar-refractivity contribution in [2.45, 2.75) is 18.9 Å². The topological polar surface area (TPSA) is 98.4 Å². The Morgan fingerprint density at radius 2 is 1.81 bits per heavy atom. The molecule has 2 saturated heterocycles. The number of hydrogen-bond acceptors (Lipinski definition) is 9. The van der Waals surface area contributed by atoms with Crippen molar-refractivity contribution in [2.24, 2.45) is 0 Å². The number of H-pyrrole nitrogens is 1. The lowest BCUT2D eigenvalue weighted by molar-refractivity contribution is 0.415. The first-order valence-corrected chi connectivity index (χ1v) is 13.6. The van der Waals surface area contributed by atoms with Gasteiger partial charge in [-0.15, -0.1) is 11.3 Å². The van der Waals surface area contributed by atoms with Gasteiger partial charge in [-0.25, -0.2) is 4.98 Å². The van der Waals surface area contributed by atoms with Crippen LogP contribution in [0.3, 0.4) is 0 Å². The molecule has 0 amide bonds. The molecule has 37 heavy (non-hydrogen) atoms. The number of aromatic nitrogens is 3. The molecular weight excluding hydrogens is 486 g/mol. The van der Waals surface area contributed by atoms with Gasteiger partial charge in [-0.3, -0.25) is 9.78 Å². The van der Waals surface area contributed by atoms with Gasteiger partial charge in [0.25, 0.3) is 5.56 Å². The number of fused-ring (bicyclic) bond motifs is 1. The van der Waals surface area contributed by atoms with Crippen LogP contribution in [0.1, 0.15) is 12.8 Å². The molecule has 4 heterocycles. The highest BCUT2D eigenvalue weighted by molar-refractivity contribution is 7.21. The minimum Gasteiger partial charge on any atom is -0.497 e. The van der Waals surface area contributed by atoms with E-state index in [9.17, 15) is 4.79 Å². The molecule has 1 unspecified atom stereocenters. The number of aromatic amines is 1. The minimum absolute atomic E-state index is 0.159. The maximum Gasteiger partial charge on any atom is 0.264 e. The largest absolute Gasteiger partial charge is 0.497 e. The lowest BCUT2D eigenvalue weighted by Crippen LogP contribution is -2.47. The summed E-state index contributed by atoms with van der Waals surface area (Å²) in [6.45, 7) is 5.08. The zero-order chi connectivity index (χ0) is 25.2. The van der Waals surface area contributed by atoms with Gasteiger partial charge >= 0.3 is 0 Å². The number of anilines is 3. The van der Waals surface area contributed by atoms with Gasteiger partial charge in [0.05, 0.1) is 17.3 Å². The molecule has 2 fully saturated rings. The molecule has 2 aliphatic rings. The average molecular weight is 518 g/mol. The van der Waals surface area contributed by atoms with Gasteiger partial charge in [-0.1, -0.05) is 12.1 Å². The van der Waals surface area contributed by atoms with Gasteiger partial charge in [0, 0.05) is 44.5 Å². The van der Waals surface area contributed by atoms with Crippen LogP contribution in [0.25, 0.3) is 20.8 Å². The molecule has 2 aliphatic heterocycles. The van der Waals surface area contributed by atoms with Crippen LogP contribution < -0.4 is 30.7 Å². The second kappa shape index (κ2) is 10.4. The maximum atomic E-state index is 13.5. The number of piperidine rings is 1. The zero-order valence-electron chi connectivity index (χ0n) is 20.9. The van der Waals surface area contributed by atoms with Crippen LogP contribution in [0.5, 0.6) is 5.75 Å². The smallest absolute Gasteiger partial charge is 0.264 e. The van der Waals surface area contributed by atoms with Gasteiger partial charge in [0.15, 0.2) is 0 Å². The molecular formula is C27H31N7O2S. The number of para-hydroxylation sites is 1. The highest BCUT2D eigenvalue weighted by Crippen LogP contribution is 2.33. The molecule has 1 atom stereocenters. The fourth-order valence-corrected chi connectivity index (χ4v) is 6.04. The van der Waals surface area contributed by atoms with E-state index >= 15 is 0 Å². The van der Waals surface area contributed by atoms with E-state index in [0.717, 1.165) is 68.1 Å². The summed E-state index contributed by atoms with van der Waals surface area (Å²) >= 11 is 1.53. The molecule has 9 nitrogen and oxygen atoms in total. The number of thiazole rings is 1. The van der Waals surface area contributed by atoms with Crippen LogP contribution in [0.15, 0.2) is 53.3 Å². The highest BCUT2D eigenvalue weighted by atomic mass is 32.1. The quantitative estimate of drug-likeness (QED) is 0.357. The summed E-state index contributed by atoms with van der Waals surface area (Å²) in [6.07, 6.45) is 2.13. The van der Waals surface area contributed by atoms with Crippen LogP contribution in [0, 0.1) is 0 Å². The molecule has 0 radical (unpaired) electrons. The highest BCUT2D eigenvalue weighted by Gasteiger charge is 2.25. The summed E-state index contributed by atoms with van der Waals surface area (Å²) in [5, 5.41) is 7.72. The van der Waals surface area contributed by atoms with E-state index in [2.05, 4.69) is 37.6 Å². The second-order valence-electron chi connectivity index (χ2n) is 9.46. The van der Waals surface area contributed by atoms with E-state index in [-0.39, 0.29) is 11.6 Å². The Hall–Kier alpha value is -3.63. The lowest BCUT2D eigenvalue weighted by Gasteiger charge is -2.36. The monoisotopic (exact) mass is 517 g/mol. The van der Waals surface area contributed by atoms with Crippen molar-refractivity contribution < 1.29 is 4.74 Å². The molecule has 6 rings (SSSR count). The Kier molecular flexibility index (Phi) is 6.67. The summed E-state index contributed by atoms with van der Waals surface area (Å²) in [7, 11) is 1.68. The van der Waals surface area contributed by atoms with Crippen LogP contribution >= 0.6 is 11.3 Å². The molecule has 10 heteroatoms. The van der Waals surface area contributed by atoms with Crippen LogP contribution in [0.4, 0.5) is 17.5 Å². The van der Waals surface area contributed by atoms with E-state index in [1.54, 1.807) is 7.11 Å². The first-order chi connectivity index (χ1) is 18.2. The Labute approximate surface area is 219 Å². The SMILES string of the molecule is COc1ccc(N2CCN(c3nc(NC4CCCNC4)c(-c4nc5ccccc5s4)c(=O)[nH]3)CC2)cc1. The number of nitrogens with zero attached hydrogens (tertiary/aromatic N) is 4. The first kappa shape index (κ1) is 23.7. The lowest BCUT2D eigenvalue weighted by atomic mass is 10.1. The molecule has 0 aliphatic carbocycles. The van der Waals surface area contributed by atoms with Crippen molar-refractivity contribution in [3.05, 3.63) is 58.9 Å². The Balaban J connectivity index is 1.28. The number of hydrogen-bond donors (Lipinski definition) is 3. The standard InChI is InChI=1S/C27H31N7O2S/c1-36-20-10-8-19(9-11-20)33-13-15-34(16-14-33)27-31-24(29-18-5-4-12-28-17-18)23(25(35)32-27)26-30-21-6-2-3-7-22(21)37-26/h2-3,6-11,18,28H,4-5,12-17H2,1H3,(H2,29,31,32,35). The summed E-state index contributed by atoms with van der Waals surface area (Å²) in [5.74, 6) is 2.07. The molecule has 0 saturated carbocycles. The fraction of sp³-hybridized carbons (Fsp3) is 0.370. The zero-order valence-corrected chi connectivity index (χ0v) is 21.7. The van der Waals surface area contributed by atoms with Crippen LogP contribution in [-0.4, -0.2) is 67.4 Å². The van der Waals surface area contributed by atoms with Gasteiger partial charge in [-0.05, 0) is 55.8 Å². The predicted octanol–water partition coefficient (Wildman–Crippen LogP) is 3.55. The van der Waals surface area contributed by atoms with Crippen molar-refractivity contribution in [2.75, 3.05) is 61.5 Å². The van der Waals surface area contributed by atoms with Crippen molar-refractivity contribution in [1.29, 1.82) is 0 Å². The summed E-state index contributed by atoms with van der Waals surface area (Å²) < 4.78 is 6.34. The maximum absolute atomic E-state index is 13.5. The Bertz CT molecular complexity index is 1390. The van der Waals surface area contributed by atoms with E-state index in [1.807, 2.05) is 36.4 Å². The Morgan fingerprint density at radius 1 is 1.03 bits per heavy atom. The first-order valence-electron chi connectivity index (χ1n) is 12.8. The number of piperazine rings is 1. The van der Waals surface area contributed by atoms with Gasteiger partial charge in [0.1, 0.15) is 22.1 Å². The molecule has 4 aromatic rings. The third-order valence-corrected chi connectivity index (χ3v) is 8.12. The molecule has 192 valence electrons. The second-order valence-corrected chi connectivity index (χ2v) is 10.5. The number of methoxy groups -OCH3 is 1. The van der Waals surface area contributed by atoms with E-state index in [4.69, 9.17) is 14.7 Å². The van der Waals surface area contributed by atoms with E-state index in [1.165, 1.54) is 17.0 Å². The minimum atomic E-state index is -0.159. The number of benzene rings is 2. The number of ether oxygens (including phenoxy) is 1. The molecule has 0 bridgehead atoms. The van der Waals surface area contributed by atoms with E-state index < -0.39 is 0 Å². The number of nitrogens with one attached hydrogen (secondary N) is 3. The van der Waals surface area contributed by atoms with Crippen LogP contribution in [0.2, 0.25) is 0 Å². The average Bonchev–Trinajstić information content (AvgIpc) is 3.37. The Morgan fingerprint density at radius 3 is 2.54 bits per heavy atom. The van der Waals surface area contributed by atoms with E-state index in [0.29, 0.717) is 22.3 Å². The molecule has 0 spiro atoms. The molecule has 2 aromatic carbocycles. The summed E-state index contributed by atoms with van der Waals surface area (Å²) in [5.41, 5.74) is 2.42. The van der Waals surface area contributed by atoms with Crippen molar-refractivity contribution in [3.63, 3.8) is 0 Å². The van der Waals surface area contributed by atoms with Gasteiger partial charge in [0.2, 0.25) is 5.95 Å². The summed E-state index contributed by atoms with van der Waals surface area (Å²) in [4.78, 5) is 30.9. The predicted molar refractivity (Wildman–Crippen MR) is 150 cm³/mol. The normalized spacial score (nSPS) is 18.2. The van der Waals surface area contributed by atoms with Crippen molar-refractivity contribution in [3.8, 4) is 16.3 Å².